The summed E-state index contributed by atoms with van der Waals surface area (Å²) in [5.41, 5.74) is 11.7. The van der Waals surface area contributed by atoms with Gasteiger partial charge in [-0.05, 0) is 105 Å². The summed E-state index contributed by atoms with van der Waals surface area (Å²) >= 11 is 0. The van der Waals surface area contributed by atoms with E-state index in [1.54, 1.807) is 0 Å². The average Bonchev–Trinajstić information content (AvgIpc) is 3.99. The minimum absolute atomic E-state index is 0.349. The summed E-state index contributed by atoms with van der Waals surface area (Å²) in [6.45, 7) is 0. The molecule has 0 amide bonds. The van der Waals surface area contributed by atoms with E-state index in [2.05, 4.69) is 219 Å². The monoisotopic (exact) mass is 805 g/mol. The second-order valence-electron chi connectivity index (χ2n) is 17.0. The third-order valence-corrected chi connectivity index (χ3v) is 13.7. The number of fused-ring (bicyclic) bond motifs is 15. The molecule has 1 aliphatic carbocycles. The molecule has 63 heavy (non-hydrogen) atoms. The fraction of sp³-hybridized carbons (Fsp3) is 0.0517. The maximum Gasteiger partial charge on any atom is 0.209 e. The van der Waals surface area contributed by atoms with Gasteiger partial charge in [-0.1, -0.05) is 146 Å². The molecule has 3 aromatic heterocycles. The molecule has 2 aliphatic rings. The van der Waals surface area contributed by atoms with E-state index in [9.17, 15) is 0 Å². The van der Waals surface area contributed by atoms with E-state index in [-0.39, 0.29) is 6.17 Å². The molecule has 1 N–H and O–H groups in total. The van der Waals surface area contributed by atoms with Crippen molar-refractivity contribution in [2.24, 2.45) is 4.99 Å². The summed E-state index contributed by atoms with van der Waals surface area (Å²) in [4.78, 5) is 5.73. The van der Waals surface area contributed by atoms with Crippen molar-refractivity contribution in [1.29, 1.82) is 0 Å². The average molecular weight is 806 g/mol. The van der Waals surface area contributed by atoms with Gasteiger partial charge in [0.05, 0.1) is 27.6 Å². The Bertz CT molecular complexity index is 3930. The Kier molecular flexibility index (Phi) is 7.22. The highest BCUT2D eigenvalue weighted by molar-refractivity contribution is 6.25. The van der Waals surface area contributed by atoms with Gasteiger partial charge in [0.15, 0.2) is 6.17 Å². The van der Waals surface area contributed by atoms with Crippen LogP contribution in [-0.4, -0.2) is 19.7 Å². The zero-order valence-electron chi connectivity index (χ0n) is 34.3. The third-order valence-electron chi connectivity index (χ3n) is 13.7. The number of nitrogens with one attached hydrogen (secondary N) is 1. The Morgan fingerprint density at radius 3 is 1.63 bits per heavy atom. The number of aliphatic imine (C=N–C) groups is 1. The first-order chi connectivity index (χ1) is 31.3. The standard InChI is InChI=1S/C58H39N5/c1-2-17-40-38(15-1)39-16-3-4-18-41(39)48-33-36(29-31-42(40)48)50-35-57(60-58(59-50)63-54-27-13-7-21-45(54)46-22-8-14-28-55(46)63)62-53-26-12-9-23-47(53)49-34-37(30-32-56(49)62)61-51-24-10-5-19-43(51)44-20-6-11-25-52(44)61/h1-13,15-27,29-35,57H,14,28H2,(H,59,60). The van der Waals surface area contributed by atoms with Gasteiger partial charge in [0, 0.05) is 49.6 Å². The van der Waals surface area contributed by atoms with Crippen molar-refractivity contribution >= 4 is 105 Å². The van der Waals surface area contributed by atoms with Crippen molar-refractivity contribution < 1.29 is 0 Å². The molecule has 0 saturated heterocycles. The summed E-state index contributed by atoms with van der Waals surface area (Å²) in [5, 5.41) is 17.7. The topological polar surface area (TPSA) is 39.2 Å². The van der Waals surface area contributed by atoms with Crippen LogP contribution in [0.25, 0.3) is 104 Å². The highest BCUT2D eigenvalue weighted by Gasteiger charge is 2.27. The molecule has 5 nitrogen and oxygen atoms in total. The van der Waals surface area contributed by atoms with Crippen LogP contribution in [0.15, 0.2) is 199 Å². The first kappa shape index (κ1) is 34.6. The fourth-order valence-electron chi connectivity index (χ4n) is 11.0. The molecule has 0 bridgehead atoms. The Morgan fingerprint density at radius 1 is 0.444 bits per heavy atom. The number of benzene rings is 9. The Morgan fingerprint density at radius 2 is 0.968 bits per heavy atom. The van der Waals surface area contributed by atoms with E-state index in [0.717, 1.165) is 52.3 Å². The van der Waals surface area contributed by atoms with Crippen LogP contribution in [0.1, 0.15) is 29.4 Å². The molecule has 0 saturated carbocycles. The number of allylic oxidation sites excluding steroid dienone is 1. The molecule has 1 unspecified atom stereocenters. The Labute approximate surface area is 362 Å². The minimum atomic E-state index is -0.349. The molecule has 9 aromatic carbocycles. The van der Waals surface area contributed by atoms with Crippen molar-refractivity contribution in [2.75, 3.05) is 0 Å². The van der Waals surface area contributed by atoms with Gasteiger partial charge in [-0.15, -0.1) is 0 Å². The first-order valence-corrected chi connectivity index (χ1v) is 22.0. The largest absolute Gasteiger partial charge is 0.325 e. The Hall–Kier alpha value is -8.15. The molecule has 1 atom stereocenters. The van der Waals surface area contributed by atoms with Gasteiger partial charge in [0.2, 0.25) is 5.96 Å². The summed E-state index contributed by atoms with van der Waals surface area (Å²) < 4.78 is 7.26. The highest BCUT2D eigenvalue weighted by atomic mass is 15.3. The zero-order valence-corrected chi connectivity index (χ0v) is 34.3. The maximum atomic E-state index is 5.73. The lowest BCUT2D eigenvalue weighted by molar-refractivity contribution is 0.659. The molecule has 0 radical (unpaired) electrons. The van der Waals surface area contributed by atoms with Gasteiger partial charge in [-0.25, -0.2) is 4.99 Å². The van der Waals surface area contributed by atoms with Gasteiger partial charge < -0.3 is 14.5 Å². The number of nitrogens with zero attached hydrogens (tertiary/aromatic N) is 4. The van der Waals surface area contributed by atoms with Crippen molar-refractivity contribution in [1.82, 2.24) is 19.0 Å². The molecule has 0 fully saturated rings. The highest BCUT2D eigenvalue weighted by Crippen LogP contribution is 2.41. The molecular formula is C58H39N5. The van der Waals surface area contributed by atoms with Crippen molar-refractivity contribution in [3.05, 3.63) is 211 Å². The van der Waals surface area contributed by atoms with Crippen LogP contribution in [0.2, 0.25) is 0 Å². The fourth-order valence-corrected chi connectivity index (χ4v) is 11.0. The molecule has 12 aromatic rings. The smallest absolute Gasteiger partial charge is 0.209 e. The molecule has 5 heteroatoms. The third kappa shape index (κ3) is 4.96. The summed E-state index contributed by atoms with van der Waals surface area (Å²) in [7, 11) is 0. The number of rotatable bonds is 3. The number of aromatic nitrogens is 3. The lowest BCUT2D eigenvalue weighted by Crippen LogP contribution is -2.34. The number of para-hydroxylation sites is 4. The quantitative estimate of drug-likeness (QED) is 0.178. The Balaban J connectivity index is 1.02. The molecule has 14 rings (SSSR count). The number of hydrogen-bond acceptors (Lipinski definition) is 2. The van der Waals surface area contributed by atoms with E-state index >= 15 is 0 Å². The predicted octanol–water partition coefficient (Wildman–Crippen LogP) is 14.3. The van der Waals surface area contributed by atoms with E-state index in [0.29, 0.717) is 0 Å². The lowest BCUT2D eigenvalue weighted by Gasteiger charge is -2.27. The zero-order chi connectivity index (χ0) is 41.2. The molecule has 0 spiro atoms. The second-order valence-corrected chi connectivity index (χ2v) is 17.0. The molecule has 296 valence electrons. The van der Waals surface area contributed by atoms with Crippen LogP contribution in [0.4, 0.5) is 0 Å². The van der Waals surface area contributed by atoms with Crippen LogP contribution in [0.3, 0.4) is 0 Å². The van der Waals surface area contributed by atoms with Crippen LogP contribution in [-0.2, 0) is 6.42 Å². The van der Waals surface area contributed by atoms with Gasteiger partial charge in [-0.2, -0.15) is 0 Å². The van der Waals surface area contributed by atoms with Crippen LogP contribution >= 0.6 is 0 Å². The van der Waals surface area contributed by atoms with Crippen molar-refractivity contribution in [3.63, 3.8) is 0 Å². The molecular weight excluding hydrogens is 767 g/mol. The van der Waals surface area contributed by atoms with E-state index in [1.807, 2.05) is 0 Å². The van der Waals surface area contributed by atoms with Gasteiger partial charge in [0.25, 0.3) is 0 Å². The lowest BCUT2D eigenvalue weighted by atomic mass is 9.92. The first-order valence-electron chi connectivity index (χ1n) is 22.0. The van der Waals surface area contributed by atoms with Crippen molar-refractivity contribution in [2.45, 2.75) is 19.0 Å². The second kappa shape index (κ2) is 13.2. The van der Waals surface area contributed by atoms with E-state index in [4.69, 9.17) is 4.99 Å². The van der Waals surface area contributed by atoms with E-state index in [1.165, 1.54) is 81.5 Å². The van der Waals surface area contributed by atoms with Gasteiger partial charge in [0.1, 0.15) is 0 Å². The van der Waals surface area contributed by atoms with Crippen molar-refractivity contribution in [3.8, 4) is 5.69 Å². The predicted molar refractivity (Wildman–Crippen MR) is 265 cm³/mol. The van der Waals surface area contributed by atoms with Crippen LogP contribution in [0.5, 0.6) is 0 Å². The van der Waals surface area contributed by atoms with Crippen LogP contribution < -0.4 is 5.32 Å². The molecule has 4 heterocycles. The summed E-state index contributed by atoms with van der Waals surface area (Å²) in [5.74, 6) is 0.835. The normalized spacial score (nSPS) is 15.3. The van der Waals surface area contributed by atoms with Gasteiger partial charge in [-0.3, -0.25) is 4.57 Å². The maximum absolute atomic E-state index is 5.73. The number of hydrogen-bond donors (Lipinski definition) is 1. The van der Waals surface area contributed by atoms with Gasteiger partial charge >= 0.3 is 0 Å². The molecule has 1 aliphatic heterocycles. The summed E-state index contributed by atoms with van der Waals surface area (Å²) in [6, 6.07) is 66.7. The van der Waals surface area contributed by atoms with E-state index < -0.39 is 0 Å². The van der Waals surface area contributed by atoms with Crippen LogP contribution in [0, 0.1) is 0 Å². The minimum Gasteiger partial charge on any atom is -0.325 e. The SMILES string of the molecule is C1=Cc2c(n(C3=NC(n4c5ccccc5c5cc(-n6c7ccccc7c7ccccc76)ccc54)C=C(c4ccc5c6ccccc6c6ccccc6c5c4)N3)c3ccccc23)CC1. The summed E-state index contributed by atoms with van der Waals surface area (Å²) in [6.07, 6.45) is 8.53.